The van der Waals surface area contributed by atoms with E-state index in [9.17, 15) is 18.3 Å². The maximum Gasteiger partial charge on any atom is 0.253 e. The van der Waals surface area contributed by atoms with Gasteiger partial charge in [0.25, 0.3) is 5.91 Å². The SMILES string of the molecule is CS(=O)(=O)CC1CCCN(C(=O)c2ccc(O)cc2)C1. The maximum atomic E-state index is 12.3. The van der Waals surface area contributed by atoms with Crippen LogP contribution >= 0.6 is 0 Å². The van der Waals surface area contributed by atoms with Gasteiger partial charge < -0.3 is 10.0 Å². The number of benzene rings is 1. The Morgan fingerprint density at radius 1 is 1.35 bits per heavy atom. The van der Waals surface area contributed by atoms with Gasteiger partial charge >= 0.3 is 0 Å². The van der Waals surface area contributed by atoms with Crippen LogP contribution in [0, 0.1) is 5.92 Å². The molecule has 1 aliphatic heterocycles. The highest BCUT2D eigenvalue weighted by Crippen LogP contribution is 2.20. The van der Waals surface area contributed by atoms with E-state index in [-0.39, 0.29) is 23.3 Å². The zero-order chi connectivity index (χ0) is 14.8. The molecule has 1 N–H and O–H groups in total. The number of carbonyl (C=O) groups excluding carboxylic acids is 1. The molecule has 1 amide bonds. The van der Waals surface area contributed by atoms with Gasteiger partial charge in [0, 0.05) is 24.9 Å². The van der Waals surface area contributed by atoms with Crippen molar-refractivity contribution in [1.82, 2.24) is 4.90 Å². The van der Waals surface area contributed by atoms with E-state index in [0.29, 0.717) is 18.7 Å². The van der Waals surface area contributed by atoms with Gasteiger partial charge in [-0.1, -0.05) is 0 Å². The van der Waals surface area contributed by atoms with Crippen LogP contribution in [0.2, 0.25) is 0 Å². The molecule has 1 atom stereocenters. The number of phenolic OH excluding ortho intramolecular Hbond substituents is 1. The fraction of sp³-hybridized carbons (Fsp3) is 0.500. The molecule has 20 heavy (non-hydrogen) atoms. The highest BCUT2D eigenvalue weighted by molar-refractivity contribution is 7.90. The highest BCUT2D eigenvalue weighted by Gasteiger charge is 2.26. The van der Waals surface area contributed by atoms with Crippen LogP contribution in [0.15, 0.2) is 24.3 Å². The van der Waals surface area contributed by atoms with Gasteiger partial charge in [-0.2, -0.15) is 0 Å². The standard InChI is InChI=1S/C14H19NO4S/c1-20(18,19)10-11-3-2-8-15(9-11)14(17)12-4-6-13(16)7-5-12/h4-7,11,16H,2-3,8-10H2,1H3. The minimum atomic E-state index is -3.01. The van der Waals surface area contributed by atoms with Crippen molar-refractivity contribution < 1.29 is 18.3 Å². The average molecular weight is 297 g/mol. The van der Waals surface area contributed by atoms with Crippen LogP contribution in [0.4, 0.5) is 0 Å². The molecule has 1 aromatic rings. The van der Waals surface area contributed by atoms with Gasteiger partial charge in [-0.25, -0.2) is 8.42 Å². The summed E-state index contributed by atoms with van der Waals surface area (Å²) in [6.45, 7) is 1.13. The molecule has 1 aromatic carbocycles. The van der Waals surface area contributed by atoms with Crippen LogP contribution in [-0.4, -0.2) is 49.4 Å². The van der Waals surface area contributed by atoms with E-state index >= 15 is 0 Å². The Hall–Kier alpha value is -1.56. The van der Waals surface area contributed by atoms with Gasteiger partial charge in [0.15, 0.2) is 0 Å². The van der Waals surface area contributed by atoms with E-state index in [2.05, 4.69) is 0 Å². The van der Waals surface area contributed by atoms with Gasteiger partial charge in [-0.05, 0) is 43.0 Å². The maximum absolute atomic E-state index is 12.3. The minimum absolute atomic E-state index is 0.0137. The number of piperidine rings is 1. The van der Waals surface area contributed by atoms with E-state index in [0.717, 1.165) is 12.8 Å². The second kappa shape index (κ2) is 5.83. The van der Waals surface area contributed by atoms with Crippen molar-refractivity contribution in [2.24, 2.45) is 5.92 Å². The van der Waals surface area contributed by atoms with Crippen molar-refractivity contribution in [2.75, 3.05) is 25.1 Å². The summed E-state index contributed by atoms with van der Waals surface area (Å²) in [6, 6.07) is 6.12. The summed E-state index contributed by atoms with van der Waals surface area (Å²) in [5.41, 5.74) is 0.516. The molecule has 1 heterocycles. The third kappa shape index (κ3) is 3.96. The molecule has 5 nitrogen and oxygen atoms in total. The van der Waals surface area contributed by atoms with Gasteiger partial charge in [-0.3, -0.25) is 4.79 Å². The number of carbonyl (C=O) groups is 1. The van der Waals surface area contributed by atoms with Gasteiger partial charge in [-0.15, -0.1) is 0 Å². The molecule has 0 saturated carbocycles. The smallest absolute Gasteiger partial charge is 0.253 e. The number of hydrogen-bond acceptors (Lipinski definition) is 4. The molecule has 0 bridgehead atoms. The molecule has 6 heteroatoms. The first-order valence-corrected chi connectivity index (χ1v) is 8.67. The Balaban J connectivity index is 2.05. The number of amides is 1. The molecule has 2 rings (SSSR count). The fourth-order valence-electron chi connectivity index (χ4n) is 2.60. The van der Waals surface area contributed by atoms with Crippen LogP contribution in [0.1, 0.15) is 23.2 Å². The van der Waals surface area contributed by atoms with Crippen LogP contribution < -0.4 is 0 Å². The summed E-state index contributed by atoms with van der Waals surface area (Å²) in [5.74, 6) is 0.157. The lowest BCUT2D eigenvalue weighted by Crippen LogP contribution is -2.41. The molecule has 110 valence electrons. The number of phenols is 1. The van der Waals surface area contributed by atoms with Gasteiger partial charge in [0.05, 0.1) is 5.75 Å². The zero-order valence-electron chi connectivity index (χ0n) is 11.4. The summed E-state index contributed by atoms with van der Waals surface area (Å²) in [7, 11) is -3.01. The third-order valence-corrected chi connectivity index (χ3v) is 4.54. The third-order valence-electron chi connectivity index (χ3n) is 3.46. The van der Waals surface area contributed by atoms with Gasteiger partial charge in [0.2, 0.25) is 0 Å². The zero-order valence-corrected chi connectivity index (χ0v) is 12.3. The molecule has 0 aliphatic carbocycles. The summed E-state index contributed by atoms with van der Waals surface area (Å²) in [4.78, 5) is 14.0. The first-order chi connectivity index (χ1) is 9.35. The first-order valence-electron chi connectivity index (χ1n) is 6.61. The number of aromatic hydroxyl groups is 1. The van der Waals surface area contributed by atoms with Crippen molar-refractivity contribution in [3.05, 3.63) is 29.8 Å². The summed E-state index contributed by atoms with van der Waals surface area (Å²) in [5, 5.41) is 9.23. The Morgan fingerprint density at radius 3 is 2.60 bits per heavy atom. The molecule has 0 spiro atoms. The fourth-order valence-corrected chi connectivity index (χ4v) is 3.73. The lowest BCUT2D eigenvalue weighted by molar-refractivity contribution is 0.0684. The minimum Gasteiger partial charge on any atom is -0.508 e. The Bertz CT molecular complexity index is 580. The van der Waals surface area contributed by atoms with Crippen molar-refractivity contribution in [3.63, 3.8) is 0 Å². The molecular weight excluding hydrogens is 278 g/mol. The first kappa shape index (κ1) is 14.8. The summed E-state index contributed by atoms with van der Waals surface area (Å²) < 4.78 is 22.7. The highest BCUT2D eigenvalue weighted by atomic mass is 32.2. The predicted molar refractivity (Wildman–Crippen MR) is 76.4 cm³/mol. The molecule has 1 unspecified atom stereocenters. The lowest BCUT2D eigenvalue weighted by atomic mass is 9.99. The predicted octanol–water partition coefficient (Wildman–Crippen LogP) is 1.29. The van der Waals surface area contributed by atoms with Crippen molar-refractivity contribution in [1.29, 1.82) is 0 Å². The van der Waals surface area contributed by atoms with Crippen molar-refractivity contribution in [3.8, 4) is 5.75 Å². The number of rotatable bonds is 3. The lowest BCUT2D eigenvalue weighted by Gasteiger charge is -2.32. The second-order valence-electron chi connectivity index (χ2n) is 5.40. The van der Waals surface area contributed by atoms with Crippen LogP contribution in [-0.2, 0) is 9.84 Å². The largest absolute Gasteiger partial charge is 0.508 e. The normalized spacial score (nSPS) is 19.9. The molecule has 1 saturated heterocycles. The van der Waals surface area contributed by atoms with Crippen LogP contribution in [0.5, 0.6) is 5.75 Å². The quantitative estimate of drug-likeness (QED) is 0.912. The van der Waals surface area contributed by atoms with Crippen LogP contribution in [0.3, 0.4) is 0 Å². The molecule has 0 aromatic heterocycles. The summed E-state index contributed by atoms with van der Waals surface area (Å²) in [6.07, 6.45) is 2.89. The Kier molecular flexibility index (Phi) is 4.32. The molecule has 0 radical (unpaired) electrons. The van der Waals surface area contributed by atoms with E-state index in [1.165, 1.54) is 18.4 Å². The van der Waals surface area contributed by atoms with Crippen molar-refractivity contribution >= 4 is 15.7 Å². The Labute approximate surface area is 119 Å². The van der Waals surface area contributed by atoms with Crippen molar-refractivity contribution in [2.45, 2.75) is 12.8 Å². The Morgan fingerprint density at radius 2 is 2.00 bits per heavy atom. The second-order valence-corrected chi connectivity index (χ2v) is 7.58. The van der Waals surface area contributed by atoms with Crippen LogP contribution in [0.25, 0.3) is 0 Å². The van der Waals surface area contributed by atoms with Gasteiger partial charge in [0.1, 0.15) is 15.6 Å². The topological polar surface area (TPSA) is 74.7 Å². The number of likely N-dealkylation sites (tertiary alicyclic amines) is 1. The number of nitrogens with zero attached hydrogens (tertiary/aromatic N) is 1. The van der Waals surface area contributed by atoms with E-state index in [1.807, 2.05) is 0 Å². The van der Waals surface area contributed by atoms with E-state index < -0.39 is 9.84 Å². The summed E-state index contributed by atoms with van der Waals surface area (Å²) >= 11 is 0. The van der Waals surface area contributed by atoms with E-state index in [4.69, 9.17) is 0 Å². The molecule has 1 fully saturated rings. The van der Waals surface area contributed by atoms with E-state index in [1.54, 1.807) is 17.0 Å². The average Bonchev–Trinajstić information content (AvgIpc) is 2.37. The number of sulfone groups is 1. The molecule has 1 aliphatic rings. The monoisotopic (exact) mass is 297 g/mol. The molecular formula is C14H19NO4S. The number of hydrogen-bond donors (Lipinski definition) is 1.